The van der Waals surface area contributed by atoms with Crippen LogP contribution in [0.25, 0.3) is 0 Å². The Morgan fingerprint density at radius 1 is 1.00 bits per heavy atom. The zero-order valence-electron chi connectivity index (χ0n) is 12.7. The highest BCUT2D eigenvalue weighted by atomic mass is 19.5. The molecule has 0 aromatic heterocycles. The number of benzene rings is 1. The van der Waals surface area contributed by atoms with Gasteiger partial charge in [0.2, 0.25) is 5.69 Å². The van der Waals surface area contributed by atoms with Crippen LogP contribution >= 0.6 is 0 Å². The van der Waals surface area contributed by atoms with E-state index in [-0.39, 0.29) is 5.41 Å². The number of fused-ring (bicyclic) bond motifs is 1. The van der Waals surface area contributed by atoms with E-state index in [1.165, 1.54) is 28.1 Å². The Hall–Kier alpha value is -1.33. The van der Waals surface area contributed by atoms with Gasteiger partial charge in [-0.25, -0.2) is 4.58 Å². The van der Waals surface area contributed by atoms with E-state index in [4.69, 9.17) is 0 Å². The van der Waals surface area contributed by atoms with E-state index < -0.39 is 7.25 Å². The van der Waals surface area contributed by atoms with Gasteiger partial charge < -0.3 is 17.3 Å². The maximum Gasteiger partial charge on any atom is 0.673 e. The van der Waals surface area contributed by atoms with Crippen LogP contribution in [-0.2, 0) is 5.41 Å². The van der Waals surface area contributed by atoms with Crippen LogP contribution in [0.3, 0.4) is 0 Å². The normalized spacial score (nSPS) is 16.7. The standard InChI is InChI=1S/C14H20N.BF4/c1-9-7-8-12-13(10(9)2)15(6)11(3)14(12,4)5;2-1(3,4)5/h7-8H,1-6H3;/q+1;-1. The lowest BCUT2D eigenvalue weighted by molar-refractivity contribution is -0.403. The number of halogens is 4. The number of nitrogens with zero attached hydrogens (tertiary/aromatic N) is 1. The van der Waals surface area contributed by atoms with Crippen LogP contribution in [0.2, 0.25) is 0 Å². The molecule has 20 heavy (non-hydrogen) atoms. The van der Waals surface area contributed by atoms with E-state index in [2.05, 4.69) is 58.4 Å². The van der Waals surface area contributed by atoms with Crippen LogP contribution in [0.15, 0.2) is 12.1 Å². The lowest BCUT2D eigenvalue weighted by atomic mass is 9.81. The molecular formula is C14H20BF4N. The van der Waals surface area contributed by atoms with E-state index in [1.54, 1.807) is 0 Å². The highest BCUT2D eigenvalue weighted by Gasteiger charge is 2.42. The van der Waals surface area contributed by atoms with Crippen LogP contribution in [0.4, 0.5) is 23.0 Å². The van der Waals surface area contributed by atoms with Gasteiger partial charge in [0.15, 0.2) is 5.71 Å². The summed E-state index contributed by atoms with van der Waals surface area (Å²) in [7, 11) is -3.82. The molecule has 0 fully saturated rings. The summed E-state index contributed by atoms with van der Waals surface area (Å²) >= 11 is 0. The highest BCUT2D eigenvalue weighted by Crippen LogP contribution is 2.41. The molecule has 0 unspecified atom stereocenters. The zero-order valence-corrected chi connectivity index (χ0v) is 12.7. The van der Waals surface area contributed by atoms with Crippen molar-refractivity contribution in [3.8, 4) is 0 Å². The van der Waals surface area contributed by atoms with E-state index in [0.29, 0.717) is 0 Å². The highest BCUT2D eigenvalue weighted by molar-refractivity contribution is 6.50. The first-order valence-corrected chi connectivity index (χ1v) is 6.43. The molecule has 1 aromatic carbocycles. The first-order chi connectivity index (χ1) is 8.87. The fourth-order valence-corrected chi connectivity index (χ4v) is 2.52. The molecule has 0 radical (unpaired) electrons. The zero-order chi connectivity index (χ0) is 15.9. The van der Waals surface area contributed by atoms with Crippen LogP contribution in [-0.4, -0.2) is 24.6 Å². The number of rotatable bonds is 0. The summed E-state index contributed by atoms with van der Waals surface area (Å²) in [6, 6.07) is 4.52. The molecule has 1 aliphatic heterocycles. The second-order valence-electron chi connectivity index (χ2n) is 5.67. The maximum atomic E-state index is 9.75. The van der Waals surface area contributed by atoms with E-state index in [9.17, 15) is 17.3 Å². The van der Waals surface area contributed by atoms with Crippen molar-refractivity contribution in [3.05, 3.63) is 28.8 Å². The molecule has 6 heteroatoms. The smallest absolute Gasteiger partial charge is 0.418 e. The molecule has 0 N–H and O–H groups in total. The van der Waals surface area contributed by atoms with Gasteiger partial charge in [0, 0.05) is 18.1 Å². The summed E-state index contributed by atoms with van der Waals surface area (Å²) < 4.78 is 41.3. The van der Waals surface area contributed by atoms with Crippen molar-refractivity contribution < 1.29 is 21.8 Å². The van der Waals surface area contributed by atoms with Gasteiger partial charge >= 0.3 is 7.25 Å². The fourth-order valence-electron chi connectivity index (χ4n) is 2.52. The summed E-state index contributed by atoms with van der Waals surface area (Å²) in [6.45, 7) is 11.2. The predicted octanol–water partition coefficient (Wildman–Crippen LogP) is 4.63. The minimum atomic E-state index is -6.00. The van der Waals surface area contributed by atoms with Gasteiger partial charge in [0.25, 0.3) is 0 Å². The Labute approximate surface area is 117 Å². The van der Waals surface area contributed by atoms with Crippen molar-refractivity contribution in [2.45, 2.75) is 40.0 Å². The van der Waals surface area contributed by atoms with Gasteiger partial charge in [-0.15, -0.1) is 0 Å². The predicted molar refractivity (Wildman–Crippen MR) is 75.7 cm³/mol. The third-order valence-electron chi connectivity index (χ3n) is 4.12. The third kappa shape index (κ3) is 3.22. The van der Waals surface area contributed by atoms with Gasteiger partial charge in [-0.3, -0.25) is 0 Å². The van der Waals surface area contributed by atoms with E-state index in [1.807, 2.05) is 0 Å². The summed E-state index contributed by atoms with van der Waals surface area (Å²) in [5.41, 5.74) is 7.29. The third-order valence-corrected chi connectivity index (χ3v) is 4.12. The molecule has 0 aliphatic carbocycles. The quantitative estimate of drug-likeness (QED) is 0.372. The molecule has 112 valence electrons. The lowest BCUT2D eigenvalue weighted by Gasteiger charge is -2.15. The first kappa shape index (κ1) is 16.7. The van der Waals surface area contributed by atoms with Gasteiger partial charge in [-0.2, -0.15) is 0 Å². The van der Waals surface area contributed by atoms with Gasteiger partial charge in [-0.1, -0.05) is 12.1 Å². The topological polar surface area (TPSA) is 3.01 Å². The minimum absolute atomic E-state index is 0.183. The van der Waals surface area contributed by atoms with Gasteiger partial charge in [-0.05, 0) is 33.3 Å². The molecule has 0 amide bonds. The molecule has 0 saturated heterocycles. The van der Waals surface area contributed by atoms with Crippen LogP contribution in [0.1, 0.15) is 37.5 Å². The number of aryl methyl sites for hydroxylation is 1. The van der Waals surface area contributed by atoms with E-state index in [0.717, 1.165) is 0 Å². The molecule has 0 atom stereocenters. The fraction of sp³-hybridized carbons (Fsp3) is 0.500. The Morgan fingerprint density at radius 2 is 1.45 bits per heavy atom. The van der Waals surface area contributed by atoms with Crippen molar-refractivity contribution in [1.82, 2.24) is 0 Å². The van der Waals surface area contributed by atoms with Crippen LogP contribution in [0, 0.1) is 13.8 Å². The van der Waals surface area contributed by atoms with Gasteiger partial charge in [0.1, 0.15) is 7.05 Å². The Kier molecular flexibility index (Phi) is 4.37. The minimum Gasteiger partial charge on any atom is -0.418 e. The van der Waals surface area contributed by atoms with Crippen molar-refractivity contribution >= 4 is 18.7 Å². The summed E-state index contributed by atoms with van der Waals surface area (Å²) in [5.74, 6) is 0. The van der Waals surface area contributed by atoms with Crippen molar-refractivity contribution in [3.63, 3.8) is 0 Å². The molecule has 1 aromatic rings. The molecule has 1 aliphatic rings. The molecule has 1 nitrogen and oxygen atoms in total. The Morgan fingerprint density at radius 3 is 1.90 bits per heavy atom. The second kappa shape index (κ2) is 5.22. The maximum absolute atomic E-state index is 9.75. The van der Waals surface area contributed by atoms with Crippen LogP contribution in [0.5, 0.6) is 0 Å². The van der Waals surface area contributed by atoms with Crippen molar-refractivity contribution in [2.75, 3.05) is 7.05 Å². The molecule has 0 spiro atoms. The molecule has 0 saturated carbocycles. The molecule has 0 bridgehead atoms. The van der Waals surface area contributed by atoms with Gasteiger partial charge in [0.05, 0.1) is 5.41 Å². The van der Waals surface area contributed by atoms with Crippen molar-refractivity contribution in [2.24, 2.45) is 0 Å². The summed E-state index contributed by atoms with van der Waals surface area (Å²) in [4.78, 5) is 0. The largest absolute Gasteiger partial charge is 0.673 e. The van der Waals surface area contributed by atoms with Crippen molar-refractivity contribution in [1.29, 1.82) is 0 Å². The Bertz CT molecular complexity index is 553. The number of hydrogen-bond donors (Lipinski definition) is 0. The average Bonchev–Trinajstić information content (AvgIpc) is 2.43. The summed E-state index contributed by atoms with van der Waals surface area (Å²) in [5, 5.41) is 0. The van der Waals surface area contributed by atoms with E-state index >= 15 is 0 Å². The van der Waals surface area contributed by atoms with Crippen LogP contribution < -0.4 is 0 Å². The summed E-state index contributed by atoms with van der Waals surface area (Å²) in [6.07, 6.45) is 0. The first-order valence-electron chi connectivity index (χ1n) is 6.43. The second-order valence-corrected chi connectivity index (χ2v) is 5.67. The Balaban J connectivity index is 0.000000347. The lowest BCUT2D eigenvalue weighted by Crippen LogP contribution is -2.25. The molecule has 1 heterocycles. The SMILES string of the molecule is CC1=[N+](C)c2c(ccc(C)c2C)C1(C)C.F[B-](F)(F)F. The molecule has 2 rings (SSSR count). The average molecular weight is 289 g/mol. The number of hydrogen-bond acceptors (Lipinski definition) is 0. The monoisotopic (exact) mass is 289 g/mol. The molecular weight excluding hydrogens is 269 g/mol.